The number of ether oxygens (including phenoxy) is 1. The molecular formula is C19H22O. The summed E-state index contributed by atoms with van der Waals surface area (Å²) < 4.78 is 5.36. The van der Waals surface area contributed by atoms with Crippen LogP contribution in [0.3, 0.4) is 0 Å². The predicted molar refractivity (Wildman–Crippen MR) is 83.4 cm³/mol. The average molecular weight is 266 g/mol. The molecule has 3 rings (SSSR count). The Morgan fingerprint density at radius 3 is 2.65 bits per heavy atom. The Hall–Kier alpha value is -1.76. The van der Waals surface area contributed by atoms with Crippen LogP contribution >= 0.6 is 0 Å². The molecule has 0 fully saturated rings. The zero-order valence-corrected chi connectivity index (χ0v) is 12.3. The third kappa shape index (κ3) is 2.58. The highest BCUT2D eigenvalue weighted by atomic mass is 16.5. The van der Waals surface area contributed by atoms with Crippen LogP contribution in [0.4, 0.5) is 0 Å². The van der Waals surface area contributed by atoms with E-state index in [4.69, 9.17) is 4.74 Å². The second-order valence-corrected chi connectivity index (χ2v) is 5.88. The topological polar surface area (TPSA) is 9.23 Å². The Bertz CT molecular complexity index is 574. The fraction of sp³-hybridized carbons (Fsp3) is 0.368. The molecule has 1 aliphatic carbocycles. The molecule has 0 bridgehead atoms. The molecule has 0 spiro atoms. The summed E-state index contributed by atoms with van der Waals surface area (Å²) in [5, 5.41) is 0. The third-order valence-electron chi connectivity index (χ3n) is 4.60. The molecule has 0 radical (unpaired) electrons. The molecular weight excluding hydrogens is 244 g/mol. The summed E-state index contributed by atoms with van der Waals surface area (Å²) in [6, 6.07) is 17.4. The lowest BCUT2D eigenvalue weighted by Crippen LogP contribution is -2.20. The quantitative estimate of drug-likeness (QED) is 0.788. The van der Waals surface area contributed by atoms with Crippen molar-refractivity contribution in [2.75, 3.05) is 7.11 Å². The molecule has 0 heterocycles. The summed E-state index contributed by atoms with van der Waals surface area (Å²) >= 11 is 0. The highest BCUT2D eigenvalue weighted by Gasteiger charge is 2.26. The number of fused-ring (bicyclic) bond motifs is 1. The van der Waals surface area contributed by atoms with E-state index >= 15 is 0 Å². The van der Waals surface area contributed by atoms with Gasteiger partial charge in [0.25, 0.3) is 0 Å². The molecule has 1 nitrogen and oxygen atoms in total. The van der Waals surface area contributed by atoms with Gasteiger partial charge >= 0.3 is 0 Å². The number of hydrogen-bond acceptors (Lipinski definition) is 1. The van der Waals surface area contributed by atoms with Gasteiger partial charge in [-0.1, -0.05) is 43.3 Å². The normalized spacial score (nSPS) is 21.3. The number of rotatable bonds is 3. The minimum atomic E-state index is 0.632. The van der Waals surface area contributed by atoms with Crippen molar-refractivity contribution in [3.05, 3.63) is 65.2 Å². The summed E-state index contributed by atoms with van der Waals surface area (Å²) in [6.07, 6.45) is 3.60. The predicted octanol–water partition coefficient (Wildman–Crippen LogP) is 4.60. The van der Waals surface area contributed by atoms with E-state index in [-0.39, 0.29) is 0 Å². The number of aryl methyl sites for hydroxylation is 1. The van der Waals surface area contributed by atoms with E-state index in [9.17, 15) is 0 Å². The maximum Gasteiger partial charge on any atom is 0.119 e. The van der Waals surface area contributed by atoms with E-state index in [0.717, 1.165) is 18.1 Å². The SMILES string of the molecule is COc1ccc2c(c1)CC[C@H](C)C2Cc1ccccc1. The molecule has 2 aromatic carbocycles. The van der Waals surface area contributed by atoms with Crippen molar-refractivity contribution in [1.29, 1.82) is 0 Å². The Kier molecular flexibility index (Phi) is 3.77. The number of methoxy groups -OCH3 is 1. The minimum Gasteiger partial charge on any atom is -0.497 e. The van der Waals surface area contributed by atoms with Gasteiger partial charge in [-0.3, -0.25) is 0 Å². The summed E-state index contributed by atoms with van der Waals surface area (Å²) in [6.45, 7) is 2.39. The lowest BCUT2D eigenvalue weighted by atomic mass is 9.73. The van der Waals surface area contributed by atoms with Gasteiger partial charge in [-0.15, -0.1) is 0 Å². The number of benzene rings is 2. The molecule has 104 valence electrons. The van der Waals surface area contributed by atoms with E-state index in [1.165, 1.54) is 29.5 Å². The van der Waals surface area contributed by atoms with Crippen LogP contribution in [0.2, 0.25) is 0 Å². The number of hydrogen-bond donors (Lipinski definition) is 0. The van der Waals surface area contributed by atoms with Gasteiger partial charge in [-0.2, -0.15) is 0 Å². The lowest BCUT2D eigenvalue weighted by Gasteiger charge is -2.32. The second-order valence-electron chi connectivity index (χ2n) is 5.88. The molecule has 1 unspecified atom stereocenters. The standard InChI is InChI=1S/C19H22O/c1-14-8-9-16-13-17(20-2)10-11-18(16)19(14)12-15-6-4-3-5-7-15/h3-7,10-11,13-14,19H,8-9,12H2,1-2H3/t14-,19?/m0/s1. The van der Waals surface area contributed by atoms with Gasteiger partial charge in [0.2, 0.25) is 0 Å². The van der Waals surface area contributed by atoms with Crippen molar-refractivity contribution in [3.63, 3.8) is 0 Å². The zero-order valence-electron chi connectivity index (χ0n) is 12.3. The minimum absolute atomic E-state index is 0.632. The van der Waals surface area contributed by atoms with Crippen molar-refractivity contribution in [2.24, 2.45) is 5.92 Å². The van der Waals surface area contributed by atoms with Crippen molar-refractivity contribution in [2.45, 2.75) is 32.1 Å². The van der Waals surface area contributed by atoms with Gasteiger partial charge in [-0.25, -0.2) is 0 Å². The molecule has 0 saturated carbocycles. The Labute approximate surface area is 121 Å². The van der Waals surface area contributed by atoms with Crippen molar-refractivity contribution in [3.8, 4) is 5.75 Å². The fourth-order valence-electron chi connectivity index (χ4n) is 3.36. The Balaban J connectivity index is 1.91. The van der Waals surface area contributed by atoms with Gasteiger partial charge in [0.05, 0.1) is 7.11 Å². The molecule has 0 aliphatic heterocycles. The largest absolute Gasteiger partial charge is 0.497 e. The van der Waals surface area contributed by atoms with Crippen molar-refractivity contribution < 1.29 is 4.74 Å². The smallest absolute Gasteiger partial charge is 0.119 e. The van der Waals surface area contributed by atoms with Gasteiger partial charge in [-0.05, 0) is 59.9 Å². The lowest BCUT2D eigenvalue weighted by molar-refractivity contribution is 0.392. The first-order valence-corrected chi connectivity index (χ1v) is 7.48. The summed E-state index contributed by atoms with van der Waals surface area (Å²) in [5.41, 5.74) is 4.44. The average Bonchev–Trinajstić information content (AvgIpc) is 2.50. The monoisotopic (exact) mass is 266 g/mol. The van der Waals surface area contributed by atoms with Gasteiger partial charge in [0.15, 0.2) is 0 Å². The highest BCUT2D eigenvalue weighted by molar-refractivity contribution is 5.40. The molecule has 2 aromatic rings. The molecule has 2 atom stereocenters. The van der Waals surface area contributed by atoms with E-state index in [1.54, 1.807) is 7.11 Å². The van der Waals surface area contributed by atoms with Gasteiger partial charge < -0.3 is 4.74 Å². The summed E-state index contributed by atoms with van der Waals surface area (Å²) in [5.74, 6) is 2.36. The maximum absolute atomic E-state index is 5.36. The fourth-order valence-corrected chi connectivity index (χ4v) is 3.36. The van der Waals surface area contributed by atoms with Crippen molar-refractivity contribution >= 4 is 0 Å². The summed E-state index contributed by atoms with van der Waals surface area (Å²) in [4.78, 5) is 0. The molecule has 20 heavy (non-hydrogen) atoms. The summed E-state index contributed by atoms with van der Waals surface area (Å²) in [7, 11) is 1.74. The molecule has 0 saturated heterocycles. The van der Waals surface area contributed by atoms with E-state index in [2.05, 4.69) is 55.5 Å². The van der Waals surface area contributed by atoms with Crippen LogP contribution < -0.4 is 4.74 Å². The Morgan fingerprint density at radius 1 is 1.10 bits per heavy atom. The highest BCUT2D eigenvalue weighted by Crippen LogP contribution is 2.39. The van der Waals surface area contributed by atoms with Crippen LogP contribution in [0.15, 0.2) is 48.5 Å². The van der Waals surface area contributed by atoms with E-state index < -0.39 is 0 Å². The van der Waals surface area contributed by atoms with E-state index in [1.807, 2.05) is 0 Å². The molecule has 0 N–H and O–H groups in total. The first-order valence-electron chi connectivity index (χ1n) is 7.48. The van der Waals surface area contributed by atoms with Crippen molar-refractivity contribution in [1.82, 2.24) is 0 Å². The molecule has 1 aliphatic rings. The Morgan fingerprint density at radius 2 is 1.90 bits per heavy atom. The van der Waals surface area contributed by atoms with E-state index in [0.29, 0.717) is 5.92 Å². The molecule has 0 aromatic heterocycles. The van der Waals surface area contributed by atoms with Crippen LogP contribution in [-0.2, 0) is 12.8 Å². The maximum atomic E-state index is 5.36. The first kappa shape index (κ1) is 13.2. The molecule has 1 heteroatoms. The van der Waals surface area contributed by atoms with Crippen LogP contribution in [-0.4, -0.2) is 7.11 Å². The molecule has 0 amide bonds. The van der Waals surface area contributed by atoms with Gasteiger partial charge in [0.1, 0.15) is 5.75 Å². The van der Waals surface area contributed by atoms with Crippen LogP contribution in [0.5, 0.6) is 5.75 Å². The third-order valence-corrected chi connectivity index (χ3v) is 4.60. The van der Waals surface area contributed by atoms with Gasteiger partial charge in [0, 0.05) is 0 Å². The van der Waals surface area contributed by atoms with Crippen LogP contribution in [0, 0.1) is 5.92 Å². The zero-order chi connectivity index (χ0) is 13.9. The first-order chi connectivity index (χ1) is 9.78. The van der Waals surface area contributed by atoms with Crippen LogP contribution in [0.25, 0.3) is 0 Å². The second kappa shape index (κ2) is 5.70. The van der Waals surface area contributed by atoms with Crippen LogP contribution in [0.1, 0.15) is 36.0 Å².